The lowest BCUT2D eigenvalue weighted by atomic mass is 10.2. The first-order valence-corrected chi connectivity index (χ1v) is 9.08. The minimum atomic E-state index is -0.384. The summed E-state index contributed by atoms with van der Waals surface area (Å²) in [4.78, 5) is 23.8. The van der Waals surface area contributed by atoms with Crippen molar-refractivity contribution in [2.24, 2.45) is 5.10 Å². The fraction of sp³-hybridized carbons (Fsp3) is 0.211. The number of para-hydroxylation sites is 1. The molecule has 6 nitrogen and oxygen atoms in total. The van der Waals surface area contributed by atoms with Crippen LogP contribution < -0.4 is 15.5 Å². The maximum atomic E-state index is 12.0. The van der Waals surface area contributed by atoms with Gasteiger partial charge in [-0.3, -0.25) is 9.59 Å². The van der Waals surface area contributed by atoms with Crippen LogP contribution >= 0.6 is 22.6 Å². The number of aryl methyl sites for hydroxylation is 1. The fourth-order valence-electron chi connectivity index (χ4n) is 2.10. The molecule has 2 rings (SSSR count). The predicted octanol–water partition coefficient (Wildman–Crippen LogP) is 3.50. The highest BCUT2D eigenvalue weighted by atomic mass is 127. The summed E-state index contributed by atoms with van der Waals surface area (Å²) in [6, 6.07) is 14.9. The van der Waals surface area contributed by atoms with Gasteiger partial charge in [-0.15, -0.1) is 0 Å². The number of nitrogens with one attached hydrogen (secondary N) is 2. The van der Waals surface area contributed by atoms with Crippen LogP contribution in [0.3, 0.4) is 0 Å². The van der Waals surface area contributed by atoms with Crippen molar-refractivity contribution in [1.29, 1.82) is 0 Å². The molecule has 0 radical (unpaired) electrons. The number of carbonyl (C=O) groups is 2. The second-order valence-corrected chi connectivity index (χ2v) is 6.92. The van der Waals surface area contributed by atoms with E-state index in [9.17, 15) is 9.59 Å². The van der Waals surface area contributed by atoms with Crippen molar-refractivity contribution in [3.63, 3.8) is 0 Å². The second-order valence-electron chi connectivity index (χ2n) is 5.67. The molecule has 0 unspecified atom stereocenters. The number of ether oxygens (including phenoxy) is 1. The quantitative estimate of drug-likeness (QED) is 0.373. The van der Waals surface area contributed by atoms with Crippen LogP contribution in [0.4, 0.5) is 5.69 Å². The van der Waals surface area contributed by atoms with Gasteiger partial charge in [0.2, 0.25) is 5.91 Å². The zero-order valence-corrected chi connectivity index (χ0v) is 16.7. The van der Waals surface area contributed by atoms with Gasteiger partial charge in [-0.25, -0.2) is 5.43 Å². The largest absolute Gasteiger partial charge is 0.483 e. The molecule has 2 amide bonds. The van der Waals surface area contributed by atoms with Gasteiger partial charge in [-0.05, 0) is 66.3 Å². The summed E-state index contributed by atoms with van der Waals surface area (Å²) < 4.78 is 6.47. The van der Waals surface area contributed by atoms with Gasteiger partial charge >= 0.3 is 0 Å². The lowest BCUT2D eigenvalue weighted by Gasteiger charge is -2.08. The van der Waals surface area contributed by atoms with Crippen LogP contribution in [0.15, 0.2) is 53.6 Å². The molecule has 26 heavy (non-hydrogen) atoms. The number of hydrogen-bond donors (Lipinski definition) is 2. The number of hydrazone groups is 1. The van der Waals surface area contributed by atoms with Gasteiger partial charge in [0, 0.05) is 15.0 Å². The number of hydrogen-bond acceptors (Lipinski definition) is 4. The number of amides is 2. The Kier molecular flexibility index (Phi) is 7.58. The number of anilines is 1. The summed E-state index contributed by atoms with van der Waals surface area (Å²) in [6.45, 7) is 3.44. The molecule has 0 aliphatic rings. The Hall–Kier alpha value is -2.42. The van der Waals surface area contributed by atoms with E-state index in [-0.39, 0.29) is 24.8 Å². The van der Waals surface area contributed by atoms with Crippen LogP contribution in [0.1, 0.15) is 18.9 Å². The fourth-order valence-corrected chi connectivity index (χ4v) is 2.64. The van der Waals surface area contributed by atoms with Crippen LogP contribution in [-0.4, -0.2) is 24.1 Å². The van der Waals surface area contributed by atoms with Gasteiger partial charge in [-0.1, -0.05) is 24.3 Å². The first-order valence-electron chi connectivity index (χ1n) is 8.00. The third kappa shape index (κ3) is 6.83. The number of nitrogens with zero attached hydrogens (tertiary/aromatic N) is 1. The van der Waals surface area contributed by atoms with Crippen LogP contribution in [0.5, 0.6) is 5.75 Å². The third-order valence-corrected chi connectivity index (χ3v) is 4.02. The van der Waals surface area contributed by atoms with Crippen molar-refractivity contribution in [2.75, 3.05) is 11.9 Å². The Morgan fingerprint density at radius 2 is 1.88 bits per heavy atom. The molecule has 0 aromatic heterocycles. The van der Waals surface area contributed by atoms with E-state index >= 15 is 0 Å². The summed E-state index contributed by atoms with van der Waals surface area (Å²) in [5, 5.41) is 6.72. The highest BCUT2D eigenvalue weighted by molar-refractivity contribution is 14.1. The summed E-state index contributed by atoms with van der Waals surface area (Å²) in [6.07, 6.45) is 0.0877. The summed E-state index contributed by atoms with van der Waals surface area (Å²) in [5.74, 6) is 0.0736. The highest BCUT2D eigenvalue weighted by Gasteiger charge is 2.07. The van der Waals surface area contributed by atoms with Crippen LogP contribution in [0.25, 0.3) is 0 Å². The monoisotopic (exact) mass is 465 g/mol. The van der Waals surface area contributed by atoms with E-state index in [1.807, 2.05) is 49.4 Å². The number of halogens is 1. The average molecular weight is 465 g/mol. The van der Waals surface area contributed by atoms with E-state index < -0.39 is 0 Å². The molecular formula is C19H20IN3O3. The highest BCUT2D eigenvalue weighted by Crippen LogP contribution is 2.15. The minimum Gasteiger partial charge on any atom is -0.483 e. The molecule has 2 N–H and O–H groups in total. The average Bonchev–Trinajstić information content (AvgIpc) is 2.59. The number of carbonyl (C=O) groups excluding carboxylic acids is 2. The van der Waals surface area contributed by atoms with Gasteiger partial charge in [0.05, 0.1) is 6.42 Å². The topological polar surface area (TPSA) is 79.8 Å². The first-order chi connectivity index (χ1) is 12.4. The van der Waals surface area contributed by atoms with E-state index in [2.05, 4.69) is 38.4 Å². The number of rotatable bonds is 7. The van der Waals surface area contributed by atoms with E-state index in [4.69, 9.17) is 4.74 Å². The van der Waals surface area contributed by atoms with Gasteiger partial charge in [-0.2, -0.15) is 5.10 Å². The lowest BCUT2D eigenvalue weighted by Crippen LogP contribution is -2.26. The number of benzene rings is 2. The molecule has 0 bridgehead atoms. The molecule has 0 saturated carbocycles. The van der Waals surface area contributed by atoms with Gasteiger partial charge in [0.1, 0.15) is 5.75 Å². The Balaban J connectivity index is 1.77. The summed E-state index contributed by atoms with van der Waals surface area (Å²) in [5.41, 5.74) is 4.57. The van der Waals surface area contributed by atoms with Crippen LogP contribution in [0, 0.1) is 10.5 Å². The summed E-state index contributed by atoms with van der Waals surface area (Å²) in [7, 11) is 0. The molecule has 0 heterocycles. The van der Waals surface area contributed by atoms with E-state index in [0.717, 1.165) is 14.8 Å². The van der Waals surface area contributed by atoms with Crippen molar-refractivity contribution in [1.82, 2.24) is 5.43 Å². The third-order valence-electron chi connectivity index (χ3n) is 3.35. The predicted molar refractivity (Wildman–Crippen MR) is 110 cm³/mol. The molecule has 0 atom stereocenters. The Morgan fingerprint density at radius 3 is 2.62 bits per heavy atom. The standard InChI is InChI=1S/C19H20IN3O3/c1-13-6-3-4-9-17(13)26-12-19(25)23-22-14(2)10-18(24)21-16-8-5-7-15(20)11-16/h3-9,11H,10,12H2,1-2H3,(H,21,24)(H,23,25). The zero-order chi connectivity index (χ0) is 18.9. The van der Waals surface area contributed by atoms with E-state index in [1.54, 1.807) is 13.0 Å². The SMILES string of the molecule is CC(CC(=O)Nc1cccc(I)c1)=NNC(=O)COc1ccccc1C. The van der Waals surface area contributed by atoms with Gasteiger partial charge in [0.25, 0.3) is 5.91 Å². The Labute approximate surface area is 166 Å². The molecule has 2 aromatic carbocycles. The molecular weight excluding hydrogens is 445 g/mol. The van der Waals surface area contributed by atoms with Crippen LogP contribution in [-0.2, 0) is 9.59 Å². The molecule has 2 aromatic rings. The van der Waals surface area contributed by atoms with Crippen LogP contribution in [0.2, 0.25) is 0 Å². The minimum absolute atomic E-state index is 0.0877. The Bertz CT molecular complexity index is 821. The van der Waals surface area contributed by atoms with Crippen molar-refractivity contribution >= 4 is 45.8 Å². The second kappa shape index (κ2) is 9.91. The maximum absolute atomic E-state index is 12.0. The maximum Gasteiger partial charge on any atom is 0.277 e. The molecule has 0 aliphatic heterocycles. The molecule has 0 saturated heterocycles. The Morgan fingerprint density at radius 1 is 1.12 bits per heavy atom. The zero-order valence-electron chi connectivity index (χ0n) is 14.6. The van der Waals surface area contributed by atoms with Crippen molar-refractivity contribution < 1.29 is 14.3 Å². The van der Waals surface area contributed by atoms with Crippen molar-refractivity contribution in [3.05, 3.63) is 57.7 Å². The van der Waals surface area contributed by atoms with Crippen molar-refractivity contribution in [3.8, 4) is 5.75 Å². The summed E-state index contributed by atoms with van der Waals surface area (Å²) >= 11 is 2.18. The smallest absolute Gasteiger partial charge is 0.277 e. The lowest BCUT2D eigenvalue weighted by molar-refractivity contribution is -0.123. The molecule has 136 valence electrons. The molecule has 0 fully saturated rings. The first kappa shape index (κ1) is 19.9. The van der Waals surface area contributed by atoms with Gasteiger partial charge < -0.3 is 10.1 Å². The van der Waals surface area contributed by atoms with Gasteiger partial charge in [0.15, 0.2) is 6.61 Å². The molecule has 0 aliphatic carbocycles. The molecule has 0 spiro atoms. The van der Waals surface area contributed by atoms with E-state index in [0.29, 0.717) is 11.5 Å². The normalized spacial score (nSPS) is 11.0. The van der Waals surface area contributed by atoms with Crippen molar-refractivity contribution in [2.45, 2.75) is 20.3 Å². The molecule has 7 heteroatoms. The van der Waals surface area contributed by atoms with E-state index in [1.165, 1.54) is 0 Å².